The van der Waals surface area contributed by atoms with E-state index in [2.05, 4.69) is 4.98 Å². The average molecular weight is 438 g/mol. The summed E-state index contributed by atoms with van der Waals surface area (Å²) in [7, 11) is 1.52. The molecule has 1 aliphatic heterocycles. The quantitative estimate of drug-likeness (QED) is 0.368. The Hall–Kier alpha value is -3.52. The van der Waals surface area contributed by atoms with Gasteiger partial charge in [-0.25, -0.2) is 9.37 Å². The van der Waals surface area contributed by atoms with Gasteiger partial charge in [-0.15, -0.1) is 11.3 Å². The summed E-state index contributed by atoms with van der Waals surface area (Å²) in [5.74, 6) is -1.93. The zero-order chi connectivity index (χ0) is 22.3. The number of carbonyl (C=O) groups excluding carboxylic acids is 2. The third-order valence-electron chi connectivity index (χ3n) is 5.19. The van der Waals surface area contributed by atoms with Crippen molar-refractivity contribution in [2.75, 3.05) is 12.0 Å². The zero-order valence-corrected chi connectivity index (χ0v) is 17.9. The molecule has 1 N–H and O–H groups in total. The second kappa shape index (κ2) is 7.96. The summed E-state index contributed by atoms with van der Waals surface area (Å²) < 4.78 is 18.7. The van der Waals surface area contributed by atoms with Crippen LogP contribution >= 0.6 is 11.3 Å². The predicted octanol–water partition coefficient (Wildman–Crippen LogP) is 4.53. The summed E-state index contributed by atoms with van der Waals surface area (Å²) in [4.78, 5) is 32.8. The first-order valence-corrected chi connectivity index (χ1v) is 10.3. The summed E-state index contributed by atoms with van der Waals surface area (Å²) in [6.07, 6.45) is 0. The Labute approximate surface area is 182 Å². The van der Waals surface area contributed by atoms with Crippen LogP contribution in [0.25, 0.3) is 5.76 Å². The van der Waals surface area contributed by atoms with E-state index in [0.29, 0.717) is 16.4 Å². The van der Waals surface area contributed by atoms with Crippen LogP contribution in [0.1, 0.15) is 27.7 Å². The van der Waals surface area contributed by atoms with Crippen molar-refractivity contribution in [2.45, 2.75) is 19.9 Å². The lowest BCUT2D eigenvalue weighted by molar-refractivity contribution is -0.132. The van der Waals surface area contributed by atoms with Gasteiger partial charge in [0.05, 0.1) is 24.4 Å². The van der Waals surface area contributed by atoms with Crippen molar-refractivity contribution in [1.82, 2.24) is 4.98 Å². The molecule has 0 saturated carbocycles. The largest absolute Gasteiger partial charge is 0.507 e. The Bertz CT molecular complexity index is 1200. The van der Waals surface area contributed by atoms with E-state index in [1.165, 1.54) is 47.6 Å². The van der Waals surface area contributed by atoms with E-state index in [9.17, 15) is 19.1 Å². The van der Waals surface area contributed by atoms with Crippen LogP contribution < -0.4 is 9.64 Å². The van der Waals surface area contributed by atoms with Crippen molar-refractivity contribution < 1.29 is 23.8 Å². The van der Waals surface area contributed by atoms with Gasteiger partial charge in [0, 0.05) is 10.4 Å². The standard InChI is InChI=1S/C23H19FN2O4S/c1-12-13(2)31-23(25-12)26-19(15-5-4-6-17(11-15)30-3)18(21(28)22(26)29)20(27)14-7-9-16(24)10-8-14/h4-11,19,27H,1-3H3/t19-/m1/s1. The highest BCUT2D eigenvalue weighted by Crippen LogP contribution is 2.44. The molecule has 8 heteroatoms. The smallest absolute Gasteiger partial charge is 0.301 e. The fourth-order valence-corrected chi connectivity index (χ4v) is 4.42. The third kappa shape index (κ3) is 3.59. The monoisotopic (exact) mass is 438 g/mol. The lowest BCUT2D eigenvalue weighted by Crippen LogP contribution is -2.29. The van der Waals surface area contributed by atoms with Crippen LogP contribution in [0.4, 0.5) is 9.52 Å². The molecule has 0 aliphatic carbocycles. The second-order valence-corrected chi connectivity index (χ2v) is 8.27. The number of benzene rings is 2. The van der Waals surface area contributed by atoms with Gasteiger partial charge >= 0.3 is 5.91 Å². The molecule has 1 fully saturated rings. The van der Waals surface area contributed by atoms with E-state index in [1.54, 1.807) is 24.3 Å². The van der Waals surface area contributed by atoms with Crippen molar-refractivity contribution in [3.05, 3.63) is 81.6 Å². The molecule has 0 radical (unpaired) electrons. The fourth-order valence-electron chi connectivity index (χ4n) is 3.48. The van der Waals surface area contributed by atoms with Crippen molar-refractivity contribution in [3.63, 3.8) is 0 Å². The number of Topliss-reactive ketones (excluding diaryl/α,β-unsaturated/α-hetero) is 1. The maximum Gasteiger partial charge on any atom is 0.301 e. The van der Waals surface area contributed by atoms with Gasteiger partial charge in [0.25, 0.3) is 5.78 Å². The lowest BCUT2D eigenvalue weighted by atomic mass is 9.95. The fraction of sp³-hybridized carbons (Fsp3) is 0.174. The number of hydrogen-bond donors (Lipinski definition) is 1. The minimum atomic E-state index is -0.912. The highest BCUT2D eigenvalue weighted by Gasteiger charge is 2.48. The normalized spacial score (nSPS) is 17.9. The topological polar surface area (TPSA) is 79.7 Å². The first-order valence-electron chi connectivity index (χ1n) is 9.46. The molecular formula is C23H19FN2O4S. The van der Waals surface area contributed by atoms with E-state index >= 15 is 0 Å². The molecule has 158 valence electrons. The van der Waals surface area contributed by atoms with Crippen LogP contribution in [0.5, 0.6) is 5.75 Å². The molecule has 0 unspecified atom stereocenters. The lowest BCUT2D eigenvalue weighted by Gasteiger charge is -2.23. The van der Waals surface area contributed by atoms with E-state index in [0.717, 1.165) is 10.6 Å². The number of ether oxygens (including phenoxy) is 1. The molecule has 1 saturated heterocycles. The van der Waals surface area contributed by atoms with Crippen molar-refractivity contribution in [3.8, 4) is 5.75 Å². The molecule has 4 rings (SSSR count). The molecule has 1 aliphatic rings. The molecule has 3 aromatic rings. The zero-order valence-electron chi connectivity index (χ0n) is 17.0. The van der Waals surface area contributed by atoms with Crippen LogP contribution in [-0.2, 0) is 9.59 Å². The van der Waals surface area contributed by atoms with E-state index < -0.39 is 23.5 Å². The summed E-state index contributed by atoms with van der Waals surface area (Å²) in [6, 6.07) is 11.1. The summed E-state index contributed by atoms with van der Waals surface area (Å²) >= 11 is 1.29. The molecule has 6 nitrogen and oxygen atoms in total. The predicted molar refractivity (Wildman–Crippen MR) is 116 cm³/mol. The van der Waals surface area contributed by atoms with Crippen LogP contribution in [0.2, 0.25) is 0 Å². The van der Waals surface area contributed by atoms with Gasteiger partial charge in [0.2, 0.25) is 0 Å². The number of aliphatic hydroxyl groups is 1. The Morgan fingerprint density at radius 3 is 2.48 bits per heavy atom. The number of halogens is 1. The number of rotatable bonds is 4. The van der Waals surface area contributed by atoms with Crippen LogP contribution in [0, 0.1) is 19.7 Å². The van der Waals surface area contributed by atoms with Gasteiger partial charge in [-0.05, 0) is 55.8 Å². The maximum absolute atomic E-state index is 13.4. The van der Waals surface area contributed by atoms with Gasteiger partial charge in [-0.3, -0.25) is 14.5 Å². The number of nitrogens with zero attached hydrogens (tertiary/aromatic N) is 2. The summed E-state index contributed by atoms with van der Waals surface area (Å²) in [5, 5.41) is 11.4. The highest BCUT2D eigenvalue weighted by molar-refractivity contribution is 7.16. The molecule has 1 aromatic heterocycles. The van der Waals surface area contributed by atoms with Crippen molar-refractivity contribution in [1.29, 1.82) is 0 Å². The highest BCUT2D eigenvalue weighted by atomic mass is 32.1. The number of hydrogen-bond acceptors (Lipinski definition) is 6. The number of aliphatic hydroxyl groups excluding tert-OH is 1. The average Bonchev–Trinajstić information content (AvgIpc) is 3.23. The molecule has 2 heterocycles. The van der Waals surface area contributed by atoms with Crippen LogP contribution in [-0.4, -0.2) is 28.9 Å². The molecule has 31 heavy (non-hydrogen) atoms. The number of ketones is 1. The molecule has 0 spiro atoms. The number of carbonyl (C=O) groups is 2. The third-order valence-corrected chi connectivity index (χ3v) is 6.27. The van der Waals surface area contributed by atoms with Crippen molar-refractivity contribution >= 4 is 33.9 Å². The van der Waals surface area contributed by atoms with E-state index in [1.807, 2.05) is 13.8 Å². The van der Waals surface area contributed by atoms with E-state index in [4.69, 9.17) is 4.74 Å². The van der Waals surface area contributed by atoms with Gasteiger partial charge < -0.3 is 9.84 Å². The number of amides is 1. The Morgan fingerprint density at radius 2 is 1.87 bits per heavy atom. The minimum Gasteiger partial charge on any atom is -0.507 e. The van der Waals surface area contributed by atoms with Gasteiger partial charge in [-0.1, -0.05) is 12.1 Å². The second-order valence-electron chi connectivity index (χ2n) is 7.09. The van der Waals surface area contributed by atoms with Crippen LogP contribution in [0.3, 0.4) is 0 Å². The summed E-state index contributed by atoms with van der Waals surface area (Å²) in [5.41, 5.74) is 1.48. The maximum atomic E-state index is 13.4. The van der Waals surface area contributed by atoms with Gasteiger partial charge in [0.15, 0.2) is 5.13 Å². The SMILES string of the molecule is COc1cccc([C@@H]2C(=C(O)c3ccc(F)cc3)C(=O)C(=O)N2c2nc(C)c(C)s2)c1. The number of methoxy groups -OCH3 is 1. The molecule has 0 bridgehead atoms. The molecule has 1 atom stereocenters. The first-order chi connectivity index (χ1) is 14.8. The first kappa shape index (κ1) is 20.7. The summed E-state index contributed by atoms with van der Waals surface area (Å²) in [6.45, 7) is 3.71. The van der Waals surface area contributed by atoms with Crippen molar-refractivity contribution in [2.24, 2.45) is 0 Å². The number of anilines is 1. The molecular weight excluding hydrogens is 419 g/mol. The molecule has 1 amide bonds. The van der Waals surface area contributed by atoms with Gasteiger partial charge in [0.1, 0.15) is 17.3 Å². The Morgan fingerprint density at radius 1 is 1.16 bits per heavy atom. The number of thiazole rings is 1. The Kier molecular flexibility index (Phi) is 5.32. The van der Waals surface area contributed by atoms with Crippen LogP contribution in [0.15, 0.2) is 54.1 Å². The molecule has 2 aromatic carbocycles. The number of aryl methyl sites for hydroxylation is 2. The van der Waals surface area contributed by atoms with E-state index in [-0.39, 0.29) is 16.9 Å². The minimum absolute atomic E-state index is 0.0876. The van der Waals surface area contributed by atoms with Gasteiger partial charge in [-0.2, -0.15) is 0 Å². The Balaban J connectivity index is 1.96. The number of aromatic nitrogens is 1.